The number of ether oxygens (including phenoxy) is 2. The molecule has 2 aliphatic rings. The van der Waals surface area contributed by atoms with Crippen LogP contribution >= 0.6 is 0 Å². The minimum Gasteiger partial charge on any atom is -0.493 e. The van der Waals surface area contributed by atoms with E-state index in [1.54, 1.807) is 25.3 Å². The molecule has 1 aromatic rings. The molecule has 1 amide bonds. The minimum atomic E-state index is -0.990. The smallest absolute Gasteiger partial charge is 0.326 e. The first-order valence-electron chi connectivity index (χ1n) is 8.95. The molecule has 1 atom stereocenters. The van der Waals surface area contributed by atoms with Crippen LogP contribution < -0.4 is 14.8 Å². The molecule has 25 heavy (non-hydrogen) atoms. The Balaban J connectivity index is 1.71. The molecule has 2 N–H and O–H groups in total. The second-order valence-electron chi connectivity index (χ2n) is 6.93. The highest BCUT2D eigenvalue weighted by atomic mass is 16.5. The molecule has 0 spiro atoms. The van der Waals surface area contributed by atoms with Crippen LogP contribution in [0, 0.1) is 5.92 Å². The summed E-state index contributed by atoms with van der Waals surface area (Å²) in [5, 5.41) is 11.9. The maximum Gasteiger partial charge on any atom is 0.326 e. The van der Waals surface area contributed by atoms with Crippen LogP contribution in [0.3, 0.4) is 0 Å². The van der Waals surface area contributed by atoms with Crippen molar-refractivity contribution in [3.05, 3.63) is 23.8 Å². The normalized spacial score (nSPS) is 18.6. The van der Waals surface area contributed by atoms with Gasteiger partial charge in [-0.3, -0.25) is 4.79 Å². The van der Waals surface area contributed by atoms with Gasteiger partial charge >= 0.3 is 5.97 Å². The van der Waals surface area contributed by atoms with Crippen LogP contribution in [0.4, 0.5) is 0 Å². The molecule has 6 nitrogen and oxygen atoms in total. The SMILES string of the molecule is COc1ccc(C(=O)NC(CC2CC2)C(=O)O)cc1OC1CCCC1. The maximum atomic E-state index is 12.5. The number of aliphatic carboxylic acids is 1. The van der Waals surface area contributed by atoms with Crippen LogP contribution in [0.5, 0.6) is 11.5 Å². The molecule has 2 fully saturated rings. The molecule has 1 aromatic carbocycles. The number of hydrogen-bond acceptors (Lipinski definition) is 4. The van der Waals surface area contributed by atoms with Gasteiger partial charge in [-0.15, -0.1) is 0 Å². The fourth-order valence-corrected chi connectivity index (χ4v) is 3.25. The van der Waals surface area contributed by atoms with E-state index in [1.807, 2.05) is 0 Å². The molecular formula is C19H25NO5. The van der Waals surface area contributed by atoms with Crippen molar-refractivity contribution < 1.29 is 24.2 Å². The average molecular weight is 347 g/mol. The lowest BCUT2D eigenvalue weighted by Gasteiger charge is -2.18. The van der Waals surface area contributed by atoms with Crippen molar-refractivity contribution in [2.45, 2.75) is 57.1 Å². The zero-order valence-corrected chi connectivity index (χ0v) is 14.5. The predicted molar refractivity (Wildman–Crippen MR) is 92.1 cm³/mol. The van der Waals surface area contributed by atoms with Crippen molar-refractivity contribution in [1.82, 2.24) is 5.32 Å². The van der Waals surface area contributed by atoms with Gasteiger partial charge in [0.1, 0.15) is 6.04 Å². The Hall–Kier alpha value is -2.24. The average Bonchev–Trinajstić information content (AvgIpc) is 3.27. The molecule has 136 valence electrons. The van der Waals surface area contributed by atoms with Gasteiger partial charge in [0.25, 0.3) is 5.91 Å². The van der Waals surface area contributed by atoms with Crippen LogP contribution in [-0.2, 0) is 4.79 Å². The molecule has 2 saturated carbocycles. The highest BCUT2D eigenvalue weighted by Gasteiger charge is 2.30. The number of carboxylic acid groups (broad SMARTS) is 1. The Morgan fingerprint density at radius 1 is 1.20 bits per heavy atom. The second kappa shape index (κ2) is 7.76. The van der Waals surface area contributed by atoms with E-state index < -0.39 is 17.9 Å². The zero-order chi connectivity index (χ0) is 17.8. The predicted octanol–water partition coefficient (Wildman–Crippen LogP) is 3.00. The summed E-state index contributed by atoms with van der Waals surface area (Å²) in [6.07, 6.45) is 7.02. The van der Waals surface area contributed by atoms with Crippen molar-refractivity contribution in [2.75, 3.05) is 7.11 Å². The molecule has 0 bridgehead atoms. The molecule has 0 heterocycles. The number of methoxy groups -OCH3 is 1. The van der Waals surface area contributed by atoms with E-state index in [0.717, 1.165) is 38.5 Å². The van der Waals surface area contributed by atoms with Crippen molar-refractivity contribution in [2.24, 2.45) is 5.92 Å². The minimum absolute atomic E-state index is 0.147. The molecule has 6 heteroatoms. The lowest BCUT2D eigenvalue weighted by molar-refractivity contribution is -0.139. The van der Waals surface area contributed by atoms with E-state index >= 15 is 0 Å². The third-order valence-electron chi connectivity index (χ3n) is 4.89. The van der Waals surface area contributed by atoms with Crippen LogP contribution in [0.2, 0.25) is 0 Å². The number of rotatable bonds is 8. The van der Waals surface area contributed by atoms with Gasteiger partial charge in [-0.1, -0.05) is 12.8 Å². The second-order valence-corrected chi connectivity index (χ2v) is 6.93. The molecule has 0 aliphatic heterocycles. The number of carbonyl (C=O) groups is 2. The summed E-state index contributed by atoms with van der Waals surface area (Å²) < 4.78 is 11.3. The number of benzene rings is 1. The fraction of sp³-hybridized carbons (Fsp3) is 0.579. The Labute approximate surface area is 147 Å². The molecule has 3 rings (SSSR count). The lowest BCUT2D eigenvalue weighted by atomic mass is 10.1. The summed E-state index contributed by atoms with van der Waals surface area (Å²) >= 11 is 0. The van der Waals surface area contributed by atoms with E-state index in [4.69, 9.17) is 9.47 Å². The highest BCUT2D eigenvalue weighted by Crippen LogP contribution is 2.34. The number of carboxylic acids is 1. The van der Waals surface area contributed by atoms with Crippen molar-refractivity contribution in [3.8, 4) is 11.5 Å². The van der Waals surface area contributed by atoms with Gasteiger partial charge in [-0.25, -0.2) is 4.79 Å². The summed E-state index contributed by atoms with van der Waals surface area (Å²) in [4.78, 5) is 23.8. The first kappa shape index (κ1) is 17.6. The number of hydrogen-bond donors (Lipinski definition) is 2. The summed E-state index contributed by atoms with van der Waals surface area (Å²) in [7, 11) is 1.56. The number of carbonyl (C=O) groups excluding carboxylic acids is 1. The summed E-state index contributed by atoms with van der Waals surface area (Å²) in [6, 6.07) is 4.12. The van der Waals surface area contributed by atoms with Gasteiger partial charge in [0.15, 0.2) is 11.5 Å². The van der Waals surface area contributed by atoms with E-state index in [9.17, 15) is 14.7 Å². The van der Waals surface area contributed by atoms with Gasteiger partial charge in [0, 0.05) is 5.56 Å². The third kappa shape index (κ3) is 4.65. The standard InChI is InChI=1S/C19H25NO5/c1-24-16-9-8-13(11-17(16)25-14-4-2-3-5-14)18(21)20-15(19(22)23)10-12-6-7-12/h8-9,11-12,14-15H,2-7,10H2,1H3,(H,20,21)(H,22,23). The Morgan fingerprint density at radius 2 is 1.92 bits per heavy atom. The quantitative estimate of drug-likeness (QED) is 0.755. The third-order valence-corrected chi connectivity index (χ3v) is 4.89. The summed E-state index contributed by atoms with van der Waals surface area (Å²) in [5.74, 6) is 0.147. The van der Waals surface area contributed by atoms with Gasteiger partial charge < -0.3 is 19.9 Å². The monoisotopic (exact) mass is 347 g/mol. The molecule has 2 aliphatic carbocycles. The Morgan fingerprint density at radius 3 is 2.52 bits per heavy atom. The van der Waals surface area contributed by atoms with Gasteiger partial charge in [0.2, 0.25) is 0 Å². The molecule has 0 aromatic heterocycles. The maximum absolute atomic E-state index is 12.5. The van der Waals surface area contributed by atoms with Crippen LogP contribution in [-0.4, -0.2) is 36.2 Å². The molecule has 0 radical (unpaired) electrons. The van der Waals surface area contributed by atoms with Crippen LogP contribution in [0.1, 0.15) is 55.3 Å². The van der Waals surface area contributed by atoms with E-state index in [-0.39, 0.29) is 6.10 Å². The van der Waals surface area contributed by atoms with E-state index in [0.29, 0.717) is 29.4 Å². The molecular weight excluding hydrogens is 322 g/mol. The Kier molecular flexibility index (Phi) is 5.46. The molecule has 0 saturated heterocycles. The van der Waals surface area contributed by atoms with Crippen molar-refractivity contribution >= 4 is 11.9 Å². The largest absolute Gasteiger partial charge is 0.493 e. The summed E-state index contributed by atoms with van der Waals surface area (Å²) in [5.41, 5.74) is 0.385. The first-order chi connectivity index (χ1) is 12.1. The van der Waals surface area contributed by atoms with Gasteiger partial charge in [-0.2, -0.15) is 0 Å². The van der Waals surface area contributed by atoms with E-state index in [2.05, 4.69) is 5.32 Å². The molecule has 1 unspecified atom stereocenters. The van der Waals surface area contributed by atoms with E-state index in [1.165, 1.54) is 0 Å². The fourth-order valence-electron chi connectivity index (χ4n) is 3.25. The number of amides is 1. The first-order valence-corrected chi connectivity index (χ1v) is 8.95. The highest BCUT2D eigenvalue weighted by molar-refractivity contribution is 5.97. The van der Waals surface area contributed by atoms with Crippen LogP contribution in [0.15, 0.2) is 18.2 Å². The Bertz CT molecular complexity index is 635. The topological polar surface area (TPSA) is 84.9 Å². The lowest BCUT2D eigenvalue weighted by Crippen LogP contribution is -2.41. The van der Waals surface area contributed by atoms with Crippen molar-refractivity contribution in [3.63, 3.8) is 0 Å². The van der Waals surface area contributed by atoms with Crippen LogP contribution in [0.25, 0.3) is 0 Å². The van der Waals surface area contributed by atoms with Gasteiger partial charge in [-0.05, 0) is 56.2 Å². The van der Waals surface area contributed by atoms with Gasteiger partial charge in [0.05, 0.1) is 13.2 Å². The number of nitrogens with one attached hydrogen (secondary N) is 1. The zero-order valence-electron chi connectivity index (χ0n) is 14.5. The van der Waals surface area contributed by atoms with Crippen molar-refractivity contribution in [1.29, 1.82) is 0 Å². The summed E-state index contributed by atoms with van der Waals surface area (Å²) in [6.45, 7) is 0.